The van der Waals surface area contributed by atoms with Crippen LogP contribution in [-0.2, 0) is 15.8 Å². The predicted molar refractivity (Wildman–Crippen MR) is 77.2 cm³/mol. The minimum atomic E-state index is -3.52. The number of hydrogen-bond donors (Lipinski definition) is 2. The third-order valence-corrected chi connectivity index (χ3v) is 4.55. The van der Waals surface area contributed by atoms with E-state index >= 15 is 0 Å². The lowest BCUT2D eigenvalue weighted by molar-refractivity contribution is 0.118. The quantitative estimate of drug-likeness (QED) is 0.795. The molecule has 0 saturated heterocycles. The van der Waals surface area contributed by atoms with Crippen molar-refractivity contribution < 1.29 is 13.5 Å². The van der Waals surface area contributed by atoms with Crippen molar-refractivity contribution in [3.05, 3.63) is 35.4 Å². The molecule has 2 atom stereocenters. The van der Waals surface area contributed by atoms with E-state index in [2.05, 4.69) is 4.72 Å². The van der Waals surface area contributed by atoms with Crippen LogP contribution < -0.4 is 4.72 Å². The zero-order chi connectivity index (χ0) is 15.2. The van der Waals surface area contributed by atoms with Crippen LogP contribution in [-0.4, -0.2) is 26.2 Å². The van der Waals surface area contributed by atoms with Crippen molar-refractivity contribution in [2.75, 3.05) is 6.54 Å². The van der Waals surface area contributed by atoms with Gasteiger partial charge in [-0.15, -0.1) is 0 Å². The van der Waals surface area contributed by atoms with Crippen LogP contribution in [0.3, 0.4) is 0 Å². The maximum atomic E-state index is 11.9. The number of sulfonamides is 1. The summed E-state index contributed by atoms with van der Waals surface area (Å²) in [5.74, 6) is -0.157. The van der Waals surface area contributed by atoms with Gasteiger partial charge in [-0.3, -0.25) is 0 Å². The molecular formula is C14H20N2O3S. The molecule has 0 aliphatic heterocycles. The Bertz CT molecular complexity index is 578. The summed E-state index contributed by atoms with van der Waals surface area (Å²) in [5, 5.41) is 18.5. The van der Waals surface area contributed by atoms with Gasteiger partial charge in [0, 0.05) is 6.54 Å². The van der Waals surface area contributed by atoms with Crippen molar-refractivity contribution in [2.24, 2.45) is 5.92 Å². The summed E-state index contributed by atoms with van der Waals surface area (Å²) >= 11 is 0. The van der Waals surface area contributed by atoms with Crippen LogP contribution in [0.1, 0.15) is 31.4 Å². The lowest BCUT2D eigenvalue weighted by atomic mass is 10.0. The summed E-state index contributed by atoms with van der Waals surface area (Å²) in [7, 11) is -3.52. The molecule has 0 amide bonds. The second-order valence-corrected chi connectivity index (χ2v) is 6.68. The number of aliphatic hydroxyl groups is 1. The molecule has 2 unspecified atom stereocenters. The minimum Gasteiger partial charge on any atom is -0.391 e. The van der Waals surface area contributed by atoms with Crippen molar-refractivity contribution in [3.8, 4) is 6.07 Å². The fourth-order valence-electron chi connectivity index (χ4n) is 1.69. The topological polar surface area (TPSA) is 90.2 Å². The van der Waals surface area contributed by atoms with Gasteiger partial charge >= 0.3 is 0 Å². The Morgan fingerprint density at radius 1 is 1.45 bits per heavy atom. The Morgan fingerprint density at radius 3 is 2.75 bits per heavy atom. The molecule has 1 aromatic rings. The van der Waals surface area contributed by atoms with Gasteiger partial charge in [0.05, 0.1) is 23.5 Å². The average Bonchev–Trinajstić information content (AvgIpc) is 2.43. The first-order chi connectivity index (χ1) is 9.38. The molecule has 0 fully saturated rings. The molecule has 110 valence electrons. The highest BCUT2D eigenvalue weighted by molar-refractivity contribution is 7.88. The van der Waals surface area contributed by atoms with Crippen LogP contribution in [0.4, 0.5) is 0 Å². The van der Waals surface area contributed by atoms with Crippen LogP contribution in [0.15, 0.2) is 24.3 Å². The third-order valence-electron chi connectivity index (χ3n) is 3.23. The predicted octanol–water partition coefficient (Wildman–Crippen LogP) is 1.38. The van der Waals surface area contributed by atoms with E-state index in [4.69, 9.17) is 5.26 Å². The smallest absolute Gasteiger partial charge is 0.215 e. The van der Waals surface area contributed by atoms with Crippen LogP contribution in [0.25, 0.3) is 0 Å². The van der Waals surface area contributed by atoms with Gasteiger partial charge in [-0.1, -0.05) is 32.4 Å². The van der Waals surface area contributed by atoms with Gasteiger partial charge in [0.15, 0.2) is 0 Å². The lowest BCUT2D eigenvalue weighted by Gasteiger charge is -2.17. The monoisotopic (exact) mass is 296 g/mol. The highest BCUT2D eigenvalue weighted by atomic mass is 32.2. The van der Waals surface area contributed by atoms with Gasteiger partial charge in [0.25, 0.3) is 0 Å². The van der Waals surface area contributed by atoms with E-state index in [9.17, 15) is 13.5 Å². The number of nitriles is 1. The Hall–Kier alpha value is -1.42. The Kier molecular flexibility index (Phi) is 6.14. The Balaban J connectivity index is 2.64. The molecule has 0 saturated carbocycles. The maximum Gasteiger partial charge on any atom is 0.215 e. The fraction of sp³-hybridized carbons (Fsp3) is 0.500. The van der Waals surface area contributed by atoms with E-state index in [-0.39, 0.29) is 18.2 Å². The maximum absolute atomic E-state index is 11.9. The molecule has 20 heavy (non-hydrogen) atoms. The summed E-state index contributed by atoms with van der Waals surface area (Å²) in [6.45, 7) is 3.82. The first kappa shape index (κ1) is 16.6. The number of rotatable bonds is 7. The third kappa shape index (κ3) is 5.29. The zero-order valence-electron chi connectivity index (χ0n) is 11.7. The first-order valence-corrected chi connectivity index (χ1v) is 8.17. The second kappa shape index (κ2) is 7.39. The fourth-order valence-corrected chi connectivity index (χ4v) is 2.83. The summed E-state index contributed by atoms with van der Waals surface area (Å²) < 4.78 is 26.2. The SMILES string of the molecule is CCC(C)C(O)CNS(=O)(=O)Cc1cccc(C#N)c1. The minimum absolute atomic E-state index is 0.00921. The summed E-state index contributed by atoms with van der Waals surface area (Å²) in [5.41, 5.74) is 0.979. The Morgan fingerprint density at radius 2 is 2.15 bits per heavy atom. The van der Waals surface area contributed by atoms with Gasteiger partial charge in [-0.25, -0.2) is 13.1 Å². The van der Waals surface area contributed by atoms with Crippen LogP contribution in [0, 0.1) is 17.2 Å². The van der Waals surface area contributed by atoms with Crippen LogP contribution in [0.2, 0.25) is 0 Å². The molecule has 0 aliphatic carbocycles. The van der Waals surface area contributed by atoms with E-state index in [0.717, 1.165) is 6.42 Å². The van der Waals surface area contributed by atoms with Crippen molar-refractivity contribution in [1.82, 2.24) is 4.72 Å². The van der Waals surface area contributed by atoms with Crippen molar-refractivity contribution >= 4 is 10.0 Å². The molecule has 0 radical (unpaired) electrons. The van der Waals surface area contributed by atoms with Gasteiger partial charge in [-0.2, -0.15) is 5.26 Å². The number of aliphatic hydroxyl groups excluding tert-OH is 1. The van der Waals surface area contributed by atoms with Crippen LogP contribution in [0.5, 0.6) is 0 Å². The van der Waals surface area contributed by atoms with Gasteiger partial charge in [0.2, 0.25) is 10.0 Å². The van der Waals surface area contributed by atoms with E-state index in [1.165, 1.54) is 0 Å². The lowest BCUT2D eigenvalue weighted by Crippen LogP contribution is -2.36. The molecular weight excluding hydrogens is 276 g/mol. The molecule has 1 aromatic carbocycles. The summed E-state index contributed by atoms with van der Waals surface area (Å²) in [6.07, 6.45) is 0.0906. The van der Waals surface area contributed by atoms with E-state index in [0.29, 0.717) is 11.1 Å². The number of benzene rings is 1. The molecule has 0 aliphatic rings. The van der Waals surface area contributed by atoms with E-state index < -0.39 is 16.1 Å². The molecule has 5 nitrogen and oxygen atoms in total. The summed E-state index contributed by atoms with van der Waals surface area (Å²) in [4.78, 5) is 0. The van der Waals surface area contributed by atoms with E-state index in [1.54, 1.807) is 24.3 Å². The largest absolute Gasteiger partial charge is 0.391 e. The number of nitrogens with one attached hydrogen (secondary N) is 1. The molecule has 0 aromatic heterocycles. The zero-order valence-corrected chi connectivity index (χ0v) is 12.5. The number of nitrogens with zero attached hydrogens (tertiary/aromatic N) is 1. The molecule has 0 spiro atoms. The van der Waals surface area contributed by atoms with E-state index in [1.807, 2.05) is 19.9 Å². The van der Waals surface area contributed by atoms with Crippen LogP contribution >= 0.6 is 0 Å². The van der Waals surface area contributed by atoms with Crippen molar-refractivity contribution in [2.45, 2.75) is 32.1 Å². The molecule has 2 N–H and O–H groups in total. The molecule has 1 rings (SSSR count). The van der Waals surface area contributed by atoms with Crippen molar-refractivity contribution in [3.63, 3.8) is 0 Å². The van der Waals surface area contributed by atoms with Crippen molar-refractivity contribution in [1.29, 1.82) is 5.26 Å². The normalized spacial score (nSPS) is 14.5. The molecule has 0 heterocycles. The average molecular weight is 296 g/mol. The second-order valence-electron chi connectivity index (χ2n) is 4.87. The number of hydrogen-bond acceptors (Lipinski definition) is 4. The standard InChI is InChI=1S/C14H20N2O3S/c1-3-11(2)14(17)9-16-20(18,19)10-13-6-4-5-12(7-13)8-15/h4-7,11,14,16-17H,3,9-10H2,1-2H3. The summed E-state index contributed by atoms with van der Waals surface area (Å²) in [6, 6.07) is 8.45. The van der Waals surface area contributed by atoms with Gasteiger partial charge < -0.3 is 5.11 Å². The van der Waals surface area contributed by atoms with Gasteiger partial charge in [-0.05, 0) is 23.6 Å². The Labute approximate surface area is 120 Å². The molecule has 6 heteroatoms. The highest BCUT2D eigenvalue weighted by Gasteiger charge is 2.17. The molecule has 0 bridgehead atoms. The highest BCUT2D eigenvalue weighted by Crippen LogP contribution is 2.09. The first-order valence-electron chi connectivity index (χ1n) is 6.52. The van der Waals surface area contributed by atoms with Gasteiger partial charge in [0.1, 0.15) is 0 Å².